The highest BCUT2D eigenvalue weighted by molar-refractivity contribution is 6.24. The average molecular weight is 453 g/mol. The summed E-state index contributed by atoms with van der Waals surface area (Å²) in [6.07, 6.45) is 2.24. The second-order valence-electron chi connectivity index (χ2n) is 9.15. The van der Waals surface area contributed by atoms with Crippen LogP contribution < -0.4 is 16.0 Å². The minimum absolute atomic E-state index is 0.0552. The van der Waals surface area contributed by atoms with Crippen LogP contribution in [0.25, 0.3) is 0 Å². The fourth-order valence-corrected chi connectivity index (χ4v) is 5.51. The number of imide groups is 2. The summed E-state index contributed by atoms with van der Waals surface area (Å²) < 4.78 is 0. The second kappa shape index (κ2) is 8.68. The van der Waals surface area contributed by atoms with Gasteiger partial charge in [0.25, 0.3) is 11.8 Å². The van der Waals surface area contributed by atoms with Gasteiger partial charge >= 0.3 is 0 Å². The number of nitrogens with one attached hydrogen (secondary N) is 3. The van der Waals surface area contributed by atoms with E-state index >= 15 is 0 Å². The highest BCUT2D eigenvalue weighted by Gasteiger charge is 2.46. The fraction of sp³-hybridized carbons (Fsp3) is 0.522. The quantitative estimate of drug-likeness (QED) is 0.519. The van der Waals surface area contributed by atoms with Crippen molar-refractivity contribution in [2.45, 2.75) is 44.3 Å². The Balaban J connectivity index is 1.42. The molecular weight excluding hydrogens is 426 g/mol. The lowest BCUT2D eigenvalue weighted by Gasteiger charge is -2.41. The zero-order chi connectivity index (χ0) is 23.1. The van der Waals surface area contributed by atoms with Gasteiger partial charge in [0, 0.05) is 25.6 Å². The monoisotopic (exact) mass is 453 g/mol. The van der Waals surface area contributed by atoms with E-state index in [1.54, 1.807) is 12.1 Å². The van der Waals surface area contributed by atoms with Gasteiger partial charge in [0.05, 0.1) is 17.7 Å². The van der Waals surface area contributed by atoms with Crippen LogP contribution in [-0.4, -0.2) is 77.6 Å². The molecule has 0 aromatic heterocycles. The Morgan fingerprint density at radius 2 is 1.73 bits per heavy atom. The molecule has 5 amide bonds. The minimum atomic E-state index is -0.994. The predicted octanol–water partition coefficient (Wildman–Crippen LogP) is -0.612. The molecule has 1 aromatic rings. The summed E-state index contributed by atoms with van der Waals surface area (Å²) in [5.74, 6) is -1.68. The first-order valence-electron chi connectivity index (χ1n) is 11.5. The molecule has 5 rings (SSSR count). The zero-order valence-corrected chi connectivity index (χ0v) is 18.3. The molecule has 1 aromatic carbocycles. The Morgan fingerprint density at radius 1 is 0.939 bits per heavy atom. The number of hydrogen-bond donors (Lipinski definition) is 3. The van der Waals surface area contributed by atoms with Gasteiger partial charge in [-0.3, -0.25) is 39.1 Å². The first kappa shape index (κ1) is 21.7. The van der Waals surface area contributed by atoms with E-state index in [1.165, 1.54) is 0 Å². The third kappa shape index (κ3) is 3.93. The lowest BCUT2D eigenvalue weighted by atomic mass is 9.87. The van der Waals surface area contributed by atoms with Crippen LogP contribution in [0, 0.1) is 5.92 Å². The van der Waals surface area contributed by atoms with Crippen molar-refractivity contribution in [1.29, 1.82) is 0 Å². The van der Waals surface area contributed by atoms with E-state index < -0.39 is 29.7 Å². The molecule has 3 N–H and O–H groups in total. The summed E-state index contributed by atoms with van der Waals surface area (Å²) in [6, 6.07) is 4.30. The third-order valence-electron chi connectivity index (χ3n) is 7.18. The first-order chi connectivity index (χ1) is 15.9. The maximum Gasteiger partial charge on any atom is 0.262 e. The summed E-state index contributed by atoms with van der Waals surface area (Å²) in [5.41, 5.74) is 1.23. The molecule has 174 valence electrons. The van der Waals surface area contributed by atoms with Crippen molar-refractivity contribution in [3.8, 4) is 0 Å². The van der Waals surface area contributed by atoms with E-state index in [9.17, 15) is 24.0 Å². The Hall–Kier alpha value is -3.11. The molecule has 0 aliphatic carbocycles. The molecule has 0 radical (unpaired) electrons. The highest BCUT2D eigenvalue weighted by atomic mass is 16.2. The highest BCUT2D eigenvalue weighted by Crippen LogP contribution is 2.32. The SMILES string of the molecule is O=C1CN(Cc2cccc3c2C(=O)N(C2CCC(=O)NC2=O)C3=O)C(C2CCNCC2)CN1. The Bertz CT molecular complexity index is 1030. The number of fused-ring (bicyclic) bond motifs is 1. The number of piperazine rings is 1. The van der Waals surface area contributed by atoms with Crippen LogP contribution >= 0.6 is 0 Å². The number of nitrogens with zero attached hydrogens (tertiary/aromatic N) is 2. The average Bonchev–Trinajstić information content (AvgIpc) is 3.06. The van der Waals surface area contributed by atoms with Crippen molar-refractivity contribution in [1.82, 2.24) is 25.8 Å². The van der Waals surface area contributed by atoms with E-state index in [1.807, 2.05) is 6.07 Å². The number of rotatable bonds is 4. The largest absolute Gasteiger partial charge is 0.353 e. The maximum atomic E-state index is 13.4. The minimum Gasteiger partial charge on any atom is -0.353 e. The zero-order valence-electron chi connectivity index (χ0n) is 18.3. The normalized spacial score (nSPS) is 26.9. The van der Waals surface area contributed by atoms with E-state index in [4.69, 9.17) is 0 Å². The fourth-order valence-electron chi connectivity index (χ4n) is 5.51. The van der Waals surface area contributed by atoms with Gasteiger partial charge in [-0.25, -0.2) is 0 Å². The molecule has 2 atom stereocenters. The van der Waals surface area contributed by atoms with E-state index in [0.29, 0.717) is 30.1 Å². The maximum absolute atomic E-state index is 13.4. The molecule has 4 aliphatic rings. The molecular formula is C23H27N5O5. The lowest BCUT2D eigenvalue weighted by Crippen LogP contribution is -2.57. The second-order valence-corrected chi connectivity index (χ2v) is 9.15. The predicted molar refractivity (Wildman–Crippen MR) is 116 cm³/mol. The molecule has 0 spiro atoms. The van der Waals surface area contributed by atoms with Gasteiger partial charge in [-0.15, -0.1) is 0 Å². The van der Waals surface area contributed by atoms with E-state index in [2.05, 4.69) is 20.9 Å². The number of piperidine rings is 2. The molecule has 4 aliphatic heterocycles. The lowest BCUT2D eigenvalue weighted by molar-refractivity contribution is -0.136. The van der Waals surface area contributed by atoms with Gasteiger partial charge in [-0.1, -0.05) is 12.1 Å². The van der Waals surface area contributed by atoms with Gasteiger partial charge < -0.3 is 10.6 Å². The number of benzene rings is 1. The smallest absolute Gasteiger partial charge is 0.262 e. The molecule has 10 heteroatoms. The van der Waals surface area contributed by atoms with Crippen molar-refractivity contribution in [2.24, 2.45) is 5.92 Å². The van der Waals surface area contributed by atoms with Crippen LogP contribution in [-0.2, 0) is 20.9 Å². The number of carbonyl (C=O) groups is 5. The Kier molecular flexibility index (Phi) is 5.71. The van der Waals surface area contributed by atoms with Gasteiger partial charge in [0.15, 0.2) is 0 Å². The van der Waals surface area contributed by atoms with Crippen LogP contribution in [0.5, 0.6) is 0 Å². The van der Waals surface area contributed by atoms with E-state index in [-0.39, 0.29) is 36.9 Å². The summed E-state index contributed by atoms with van der Waals surface area (Å²) in [7, 11) is 0. The molecule has 10 nitrogen and oxygen atoms in total. The summed E-state index contributed by atoms with van der Waals surface area (Å²) in [4.78, 5) is 65.6. The van der Waals surface area contributed by atoms with Crippen molar-refractivity contribution in [3.05, 3.63) is 34.9 Å². The number of carbonyl (C=O) groups excluding carboxylic acids is 5. The first-order valence-corrected chi connectivity index (χ1v) is 11.5. The Labute approximate surface area is 191 Å². The van der Waals surface area contributed by atoms with E-state index in [0.717, 1.165) is 30.8 Å². The summed E-state index contributed by atoms with van der Waals surface area (Å²) >= 11 is 0. The molecule has 2 unspecified atom stereocenters. The number of amides is 5. The Morgan fingerprint density at radius 3 is 2.48 bits per heavy atom. The molecule has 0 bridgehead atoms. The van der Waals surface area contributed by atoms with Gasteiger partial charge in [-0.2, -0.15) is 0 Å². The van der Waals surface area contributed by atoms with Crippen molar-refractivity contribution in [3.63, 3.8) is 0 Å². The summed E-state index contributed by atoms with van der Waals surface area (Å²) in [5, 5.41) is 8.56. The van der Waals surface area contributed by atoms with Crippen molar-refractivity contribution >= 4 is 29.5 Å². The topological polar surface area (TPSA) is 128 Å². The summed E-state index contributed by atoms with van der Waals surface area (Å²) in [6.45, 7) is 3.05. The molecule has 3 fully saturated rings. The third-order valence-corrected chi connectivity index (χ3v) is 7.18. The molecule has 33 heavy (non-hydrogen) atoms. The molecule has 3 saturated heterocycles. The standard InChI is InChI=1S/C23H27N5O5/c29-18-5-4-16(21(31)26-18)28-22(32)15-3-1-2-14(20(15)23(28)33)11-27-12-19(30)25-10-17(27)13-6-8-24-9-7-13/h1-3,13,16-17,24H,4-12H2,(H,25,30)(H,26,29,31). The van der Waals surface area contributed by atoms with Crippen molar-refractivity contribution < 1.29 is 24.0 Å². The number of hydrogen-bond acceptors (Lipinski definition) is 7. The molecule has 4 heterocycles. The van der Waals surface area contributed by atoms with Crippen molar-refractivity contribution in [2.75, 3.05) is 26.2 Å². The molecule has 0 saturated carbocycles. The van der Waals surface area contributed by atoms with Crippen LogP contribution in [0.4, 0.5) is 0 Å². The van der Waals surface area contributed by atoms with Gasteiger partial charge in [0.2, 0.25) is 17.7 Å². The van der Waals surface area contributed by atoms with Crippen LogP contribution in [0.1, 0.15) is 52.0 Å². The van der Waals surface area contributed by atoms with Crippen LogP contribution in [0.2, 0.25) is 0 Å². The van der Waals surface area contributed by atoms with Crippen LogP contribution in [0.3, 0.4) is 0 Å². The van der Waals surface area contributed by atoms with Gasteiger partial charge in [-0.05, 0) is 49.9 Å². The van der Waals surface area contributed by atoms with Gasteiger partial charge in [0.1, 0.15) is 6.04 Å². The van der Waals surface area contributed by atoms with Crippen LogP contribution in [0.15, 0.2) is 18.2 Å².